The van der Waals surface area contributed by atoms with Gasteiger partial charge in [0.2, 0.25) is 0 Å². The number of hydrogen-bond acceptors (Lipinski definition) is 5. The summed E-state index contributed by atoms with van der Waals surface area (Å²) in [6.07, 6.45) is 0.642. The lowest BCUT2D eigenvalue weighted by Crippen LogP contribution is -2.35. The number of esters is 1. The molecule has 2 heterocycles. The predicted molar refractivity (Wildman–Crippen MR) is 106 cm³/mol. The Morgan fingerprint density at radius 1 is 1.39 bits per heavy atom. The van der Waals surface area contributed by atoms with Crippen LogP contribution in [-0.4, -0.2) is 34.3 Å². The minimum absolute atomic E-state index is 0.294. The monoisotopic (exact) mass is 401 g/mol. The van der Waals surface area contributed by atoms with Crippen LogP contribution in [0.4, 0.5) is 4.39 Å². The Morgan fingerprint density at radius 3 is 2.79 bits per heavy atom. The average molecular weight is 401 g/mol. The lowest BCUT2D eigenvalue weighted by molar-refractivity contribution is -0.128. The number of fused-ring (bicyclic) bond motifs is 1. The molecule has 28 heavy (non-hydrogen) atoms. The molecule has 0 bridgehead atoms. The van der Waals surface area contributed by atoms with Crippen LogP contribution >= 0.6 is 11.3 Å². The molecule has 1 atom stereocenters. The number of amides is 1. The molecule has 3 rings (SSSR count). The van der Waals surface area contributed by atoms with Gasteiger partial charge in [0, 0.05) is 11.9 Å². The highest BCUT2D eigenvalue weighted by atomic mass is 32.1. The maximum absolute atomic E-state index is 13.1. The molecule has 0 fully saturated rings. The lowest BCUT2D eigenvalue weighted by atomic mass is 10.2. The van der Waals surface area contributed by atoms with E-state index in [0.717, 1.165) is 21.5 Å². The van der Waals surface area contributed by atoms with Gasteiger partial charge in [0.15, 0.2) is 6.10 Å². The van der Waals surface area contributed by atoms with E-state index in [0.29, 0.717) is 18.0 Å². The molecule has 0 spiro atoms. The number of aryl methyl sites for hydroxylation is 1. The van der Waals surface area contributed by atoms with Gasteiger partial charge in [-0.25, -0.2) is 9.18 Å². The number of halogens is 1. The van der Waals surface area contributed by atoms with Crippen LogP contribution in [0, 0.1) is 12.7 Å². The standard InChI is InChI=1S/C20H20FN3O3S/c1-4-9-22-18(25)13(3)27-20(26)17-10-16-12(2)23-24(19(16)28-17)11-14-5-7-15(21)8-6-14/h4-8,10,13H,1,9,11H2,2-3H3,(H,22,25)/t13-/m0/s1. The van der Waals surface area contributed by atoms with E-state index in [1.165, 1.54) is 30.4 Å². The van der Waals surface area contributed by atoms with Gasteiger partial charge in [-0.3, -0.25) is 9.48 Å². The molecule has 6 nitrogen and oxygen atoms in total. The van der Waals surface area contributed by atoms with Crippen LogP contribution in [0.3, 0.4) is 0 Å². The third-order valence-corrected chi connectivity index (χ3v) is 5.26. The lowest BCUT2D eigenvalue weighted by Gasteiger charge is -2.11. The number of nitrogens with zero attached hydrogens (tertiary/aromatic N) is 2. The summed E-state index contributed by atoms with van der Waals surface area (Å²) in [6, 6.07) is 7.92. The molecule has 2 aromatic heterocycles. The number of ether oxygens (including phenoxy) is 1. The maximum atomic E-state index is 13.1. The van der Waals surface area contributed by atoms with Crippen molar-refractivity contribution in [1.82, 2.24) is 15.1 Å². The van der Waals surface area contributed by atoms with Gasteiger partial charge >= 0.3 is 5.97 Å². The quantitative estimate of drug-likeness (QED) is 0.486. The fraction of sp³-hybridized carbons (Fsp3) is 0.250. The molecule has 0 unspecified atom stereocenters. The van der Waals surface area contributed by atoms with E-state index in [1.54, 1.807) is 29.0 Å². The van der Waals surface area contributed by atoms with Crippen LogP contribution in [0.25, 0.3) is 10.2 Å². The van der Waals surface area contributed by atoms with Gasteiger partial charge < -0.3 is 10.1 Å². The van der Waals surface area contributed by atoms with Crippen molar-refractivity contribution < 1.29 is 18.7 Å². The van der Waals surface area contributed by atoms with Crippen molar-refractivity contribution in [1.29, 1.82) is 0 Å². The van der Waals surface area contributed by atoms with E-state index >= 15 is 0 Å². The minimum Gasteiger partial charge on any atom is -0.448 e. The second kappa shape index (κ2) is 8.35. The Labute approximate surface area is 165 Å². The SMILES string of the molecule is C=CCNC(=O)[C@H](C)OC(=O)c1cc2c(C)nn(Cc3ccc(F)cc3)c2s1. The summed E-state index contributed by atoms with van der Waals surface area (Å²) in [5, 5.41) is 7.94. The predicted octanol–water partition coefficient (Wildman–Crippen LogP) is 3.44. The molecule has 0 aliphatic rings. The Kier molecular flexibility index (Phi) is 5.89. The summed E-state index contributed by atoms with van der Waals surface area (Å²) in [4.78, 5) is 25.5. The molecule has 0 saturated carbocycles. The Bertz CT molecular complexity index is 1020. The van der Waals surface area contributed by atoms with Crippen LogP contribution in [0.2, 0.25) is 0 Å². The van der Waals surface area contributed by atoms with Crippen molar-refractivity contribution in [2.24, 2.45) is 0 Å². The van der Waals surface area contributed by atoms with E-state index in [1.807, 2.05) is 6.92 Å². The molecular formula is C20H20FN3O3S. The van der Waals surface area contributed by atoms with E-state index in [2.05, 4.69) is 17.0 Å². The zero-order valence-corrected chi connectivity index (χ0v) is 16.4. The molecule has 0 aliphatic heterocycles. The molecule has 1 N–H and O–H groups in total. The third kappa shape index (κ3) is 4.28. The third-order valence-electron chi connectivity index (χ3n) is 4.13. The first-order chi connectivity index (χ1) is 13.4. The molecule has 146 valence electrons. The summed E-state index contributed by atoms with van der Waals surface area (Å²) in [5.41, 5.74) is 1.68. The van der Waals surface area contributed by atoms with Crippen LogP contribution in [0.15, 0.2) is 43.0 Å². The highest BCUT2D eigenvalue weighted by Gasteiger charge is 2.22. The number of benzene rings is 1. The fourth-order valence-corrected chi connectivity index (χ4v) is 3.72. The smallest absolute Gasteiger partial charge is 0.349 e. The van der Waals surface area contributed by atoms with Crippen molar-refractivity contribution in [3.63, 3.8) is 0 Å². The highest BCUT2D eigenvalue weighted by Crippen LogP contribution is 2.29. The number of thiophene rings is 1. The molecule has 0 radical (unpaired) electrons. The first-order valence-electron chi connectivity index (χ1n) is 8.70. The zero-order chi connectivity index (χ0) is 20.3. The Hall–Kier alpha value is -3.00. The number of aromatic nitrogens is 2. The highest BCUT2D eigenvalue weighted by molar-refractivity contribution is 7.20. The maximum Gasteiger partial charge on any atom is 0.349 e. The average Bonchev–Trinajstić information content (AvgIpc) is 3.23. The Morgan fingerprint density at radius 2 is 2.11 bits per heavy atom. The van der Waals surface area contributed by atoms with Crippen molar-refractivity contribution in [3.05, 3.63) is 64.9 Å². The zero-order valence-electron chi connectivity index (χ0n) is 15.6. The van der Waals surface area contributed by atoms with Gasteiger partial charge in [0.1, 0.15) is 15.5 Å². The molecule has 1 aromatic carbocycles. The number of rotatable bonds is 7. The Balaban J connectivity index is 1.78. The van der Waals surface area contributed by atoms with Crippen LogP contribution < -0.4 is 5.32 Å². The fourth-order valence-electron chi connectivity index (χ4n) is 2.67. The van der Waals surface area contributed by atoms with E-state index in [9.17, 15) is 14.0 Å². The summed E-state index contributed by atoms with van der Waals surface area (Å²) in [6.45, 7) is 7.66. The normalized spacial score (nSPS) is 12.0. The van der Waals surface area contributed by atoms with Gasteiger partial charge in [0.25, 0.3) is 5.91 Å². The van der Waals surface area contributed by atoms with Gasteiger partial charge in [0.05, 0.1) is 12.2 Å². The number of carbonyl (C=O) groups excluding carboxylic acids is 2. The number of hydrogen-bond donors (Lipinski definition) is 1. The summed E-state index contributed by atoms with van der Waals surface area (Å²) in [7, 11) is 0. The molecule has 8 heteroatoms. The first-order valence-corrected chi connectivity index (χ1v) is 9.51. The summed E-state index contributed by atoms with van der Waals surface area (Å²) in [5.74, 6) is -1.24. The van der Waals surface area contributed by atoms with Crippen molar-refractivity contribution in [2.45, 2.75) is 26.5 Å². The molecular weight excluding hydrogens is 381 g/mol. The van der Waals surface area contributed by atoms with Crippen molar-refractivity contribution >= 4 is 33.4 Å². The van der Waals surface area contributed by atoms with Crippen LogP contribution in [0.5, 0.6) is 0 Å². The largest absolute Gasteiger partial charge is 0.448 e. The summed E-state index contributed by atoms with van der Waals surface area (Å²) >= 11 is 1.25. The number of nitrogens with one attached hydrogen (secondary N) is 1. The van der Waals surface area contributed by atoms with Crippen LogP contribution in [0.1, 0.15) is 27.9 Å². The number of carbonyl (C=O) groups is 2. The van der Waals surface area contributed by atoms with E-state index in [4.69, 9.17) is 4.74 Å². The second-order valence-electron chi connectivity index (χ2n) is 6.28. The van der Waals surface area contributed by atoms with E-state index < -0.39 is 12.1 Å². The van der Waals surface area contributed by atoms with Crippen LogP contribution in [-0.2, 0) is 16.1 Å². The minimum atomic E-state index is -0.908. The van der Waals surface area contributed by atoms with E-state index in [-0.39, 0.29) is 11.7 Å². The van der Waals surface area contributed by atoms with Crippen molar-refractivity contribution in [3.8, 4) is 0 Å². The molecule has 0 aliphatic carbocycles. The second-order valence-corrected chi connectivity index (χ2v) is 7.31. The topological polar surface area (TPSA) is 73.2 Å². The summed E-state index contributed by atoms with van der Waals surface area (Å²) < 4.78 is 20.1. The first kappa shape index (κ1) is 19.8. The molecule has 1 amide bonds. The molecule has 3 aromatic rings. The van der Waals surface area contributed by atoms with Gasteiger partial charge in [-0.2, -0.15) is 5.10 Å². The van der Waals surface area contributed by atoms with Gasteiger partial charge in [-0.15, -0.1) is 17.9 Å². The molecule has 0 saturated heterocycles. The van der Waals surface area contributed by atoms with Gasteiger partial charge in [-0.1, -0.05) is 18.2 Å². The van der Waals surface area contributed by atoms with Gasteiger partial charge in [-0.05, 0) is 37.6 Å². The van der Waals surface area contributed by atoms with Crippen molar-refractivity contribution in [2.75, 3.05) is 6.54 Å².